The number of benzene rings is 1. The maximum atomic E-state index is 12.0. The summed E-state index contributed by atoms with van der Waals surface area (Å²) in [5.41, 5.74) is 3.73. The monoisotopic (exact) mass is 342 g/mol. The normalized spacial score (nSPS) is 20.9. The third-order valence-corrected chi connectivity index (χ3v) is 5.62. The van der Waals surface area contributed by atoms with Gasteiger partial charge in [0, 0.05) is 37.1 Å². The molecule has 0 saturated carbocycles. The summed E-state index contributed by atoms with van der Waals surface area (Å²) in [5, 5.41) is 10.5. The highest BCUT2D eigenvalue weighted by Gasteiger charge is 2.32. The first-order valence-corrected chi connectivity index (χ1v) is 9.18. The summed E-state index contributed by atoms with van der Waals surface area (Å²) in [7, 11) is 0. The Hall–Kier alpha value is -1.69. The number of rotatable bonds is 3. The number of β-amino-alcohol motifs (C(OH)–C–C–N with tert-alkyl or cyclic N) is 1. The van der Waals surface area contributed by atoms with Gasteiger partial charge in [-0.25, -0.2) is 4.79 Å². The quantitative estimate of drug-likeness (QED) is 0.865. The van der Waals surface area contributed by atoms with Crippen LogP contribution in [0.5, 0.6) is 0 Å². The van der Waals surface area contributed by atoms with E-state index in [1.807, 2.05) is 6.92 Å². The molecule has 1 N–H and O–H groups in total. The summed E-state index contributed by atoms with van der Waals surface area (Å²) in [5.74, 6) is 0. The van der Waals surface area contributed by atoms with Gasteiger partial charge in [0.2, 0.25) is 0 Å². The van der Waals surface area contributed by atoms with Crippen LogP contribution in [0.15, 0.2) is 27.4 Å². The molecule has 25 heavy (non-hydrogen) atoms. The summed E-state index contributed by atoms with van der Waals surface area (Å²) in [6, 6.07) is 6.43. The fourth-order valence-corrected chi connectivity index (χ4v) is 4.28. The Balaban J connectivity index is 1.51. The van der Waals surface area contributed by atoms with Gasteiger partial charge in [0.25, 0.3) is 0 Å². The van der Waals surface area contributed by atoms with E-state index >= 15 is 0 Å². The van der Waals surface area contributed by atoms with E-state index < -0.39 is 0 Å². The summed E-state index contributed by atoms with van der Waals surface area (Å²) >= 11 is 0. The first-order chi connectivity index (χ1) is 12.0. The van der Waals surface area contributed by atoms with Gasteiger partial charge in [-0.2, -0.15) is 0 Å². The molecular formula is C20H26N2O3. The molecular weight excluding hydrogens is 316 g/mol. The molecule has 4 rings (SSSR count). The molecule has 0 aliphatic carbocycles. The van der Waals surface area contributed by atoms with E-state index in [1.165, 1.54) is 5.56 Å². The van der Waals surface area contributed by atoms with Gasteiger partial charge in [0.15, 0.2) is 0 Å². The lowest BCUT2D eigenvalue weighted by Gasteiger charge is -2.45. The molecule has 1 aromatic carbocycles. The van der Waals surface area contributed by atoms with Crippen LogP contribution in [0, 0.1) is 13.8 Å². The van der Waals surface area contributed by atoms with E-state index in [9.17, 15) is 9.90 Å². The van der Waals surface area contributed by atoms with Crippen LogP contribution in [0.1, 0.15) is 29.5 Å². The van der Waals surface area contributed by atoms with Gasteiger partial charge in [-0.15, -0.1) is 0 Å². The van der Waals surface area contributed by atoms with E-state index in [2.05, 4.69) is 28.9 Å². The number of likely N-dealkylation sites (tertiary alicyclic amines) is 2. The van der Waals surface area contributed by atoms with Crippen molar-refractivity contribution in [2.45, 2.75) is 45.4 Å². The number of hydrogen-bond acceptors (Lipinski definition) is 5. The molecule has 1 aromatic heterocycles. The minimum Gasteiger partial charge on any atom is -0.422 e. The Kier molecular flexibility index (Phi) is 4.40. The van der Waals surface area contributed by atoms with E-state index in [-0.39, 0.29) is 11.7 Å². The van der Waals surface area contributed by atoms with Gasteiger partial charge >= 0.3 is 5.63 Å². The Labute approximate surface area is 147 Å². The van der Waals surface area contributed by atoms with Crippen LogP contribution in [0.2, 0.25) is 0 Å². The van der Waals surface area contributed by atoms with Crippen molar-refractivity contribution >= 4 is 11.0 Å². The van der Waals surface area contributed by atoms with Gasteiger partial charge < -0.3 is 9.52 Å². The fraction of sp³-hybridized carbons (Fsp3) is 0.550. The zero-order valence-electron chi connectivity index (χ0n) is 15.0. The van der Waals surface area contributed by atoms with Crippen LogP contribution in [0.4, 0.5) is 0 Å². The number of hydrogen-bond donors (Lipinski definition) is 1. The second-order valence-electron chi connectivity index (χ2n) is 7.66. The van der Waals surface area contributed by atoms with Crippen LogP contribution in [-0.2, 0) is 6.54 Å². The summed E-state index contributed by atoms with van der Waals surface area (Å²) in [6.07, 6.45) is 2.13. The molecule has 2 aromatic rings. The Morgan fingerprint density at radius 2 is 1.88 bits per heavy atom. The molecule has 0 radical (unpaired) electrons. The molecule has 5 heteroatoms. The highest BCUT2D eigenvalue weighted by atomic mass is 16.4. The van der Waals surface area contributed by atoms with Crippen LogP contribution in [-0.4, -0.2) is 53.2 Å². The van der Waals surface area contributed by atoms with Crippen molar-refractivity contribution < 1.29 is 9.52 Å². The van der Waals surface area contributed by atoms with Gasteiger partial charge in [-0.1, -0.05) is 6.07 Å². The smallest absolute Gasteiger partial charge is 0.336 e. The number of aliphatic hydroxyl groups is 1. The fourth-order valence-electron chi connectivity index (χ4n) is 4.28. The number of aryl methyl sites for hydroxylation is 2. The van der Waals surface area contributed by atoms with Crippen molar-refractivity contribution in [3.05, 3.63) is 45.3 Å². The van der Waals surface area contributed by atoms with E-state index in [0.29, 0.717) is 6.04 Å². The zero-order valence-corrected chi connectivity index (χ0v) is 15.0. The van der Waals surface area contributed by atoms with Crippen molar-refractivity contribution in [3.63, 3.8) is 0 Å². The maximum absolute atomic E-state index is 12.0. The highest BCUT2D eigenvalue weighted by molar-refractivity contribution is 5.83. The molecule has 2 aliphatic rings. The molecule has 2 aliphatic heterocycles. The molecule has 2 fully saturated rings. The van der Waals surface area contributed by atoms with Crippen molar-refractivity contribution in [2.75, 3.05) is 26.2 Å². The standard InChI is InChI=1S/C20H26N2O3/c1-13-7-14(2)20-18(8-13)15(9-19(24)25-20)10-21-5-3-16(4-6-21)22-11-17(23)12-22/h7-9,16-17,23H,3-6,10-12H2,1-2H3. The minimum absolute atomic E-state index is 0.126. The Bertz CT molecular complexity index is 831. The lowest BCUT2D eigenvalue weighted by Crippen LogP contribution is -2.57. The Morgan fingerprint density at radius 3 is 2.56 bits per heavy atom. The molecule has 0 atom stereocenters. The van der Waals surface area contributed by atoms with Crippen molar-refractivity contribution in [1.82, 2.24) is 9.80 Å². The van der Waals surface area contributed by atoms with Crippen LogP contribution >= 0.6 is 0 Å². The van der Waals surface area contributed by atoms with Crippen LogP contribution < -0.4 is 5.63 Å². The number of fused-ring (bicyclic) bond motifs is 1. The summed E-state index contributed by atoms with van der Waals surface area (Å²) < 4.78 is 5.45. The SMILES string of the molecule is Cc1cc(C)c2oc(=O)cc(CN3CCC(N4CC(O)C4)CC3)c2c1. The minimum atomic E-state index is -0.265. The number of aliphatic hydroxyl groups excluding tert-OH is 1. The predicted octanol–water partition coefficient (Wildman–Crippen LogP) is 2.05. The molecule has 0 spiro atoms. The molecule has 2 saturated heterocycles. The van der Waals surface area contributed by atoms with Gasteiger partial charge in [-0.3, -0.25) is 9.80 Å². The van der Waals surface area contributed by atoms with Gasteiger partial charge in [0.05, 0.1) is 6.10 Å². The number of nitrogens with zero attached hydrogens (tertiary/aromatic N) is 2. The van der Waals surface area contributed by atoms with Crippen LogP contribution in [0.3, 0.4) is 0 Å². The van der Waals surface area contributed by atoms with E-state index in [0.717, 1.165) is 67.7 Å². The molecule has 0 amide bonds. The first-order valence-electron chi connectivity index (χ1n) is 9.18. The van der Waals surface area contributed by atoms with Gasteiger partial charge in [0.1, 0.15) is 5.58 Å². The molecule has 134 valence electrons. The predicted molar refractivity (Wildman–Crippen MR) is 97.8 cm³/mol. The van der Waals surface area contributed by atoms with Crippen LogP contribution in [0.25, 0.3) is 11.0 Å². The zero-order chi connectivity index (χ0) is 17.6. The van der Waals surface area contributed by atoms with Crippen molar-refractivity contribution in [1.29, 1.82) is 0 Å². The Morgan fingerprint density at radius 1 is 1.16 bits per heavy atom. The second-order valence-corrected chi connectivity index (χ2v) is 7.66. The van der Waals surface area contributed by atoms with Gasteiger partial charge in [-0.05, 0) is 62.5 Å². The molecule has 0 bridgehead atoms. The average molecular weight is 342 g/mol. The average Bonchev–Trinajstić information content (AvgIpc) is 2.54. The van der Waals surface area contributed by atoms with E-state index in [4.69, 9.17) is 4.42 Å². The highest BCUT2D eigenvalue weighted by Crippen LogP contribution is 2.26. The third-order valence-electron chi connectivity index (χ3n) is 5.62. The van der Waals surface area contributed by atoms with E-state index in [1.54, 1.807) is 6.07 Å². The second kappa shape index (κ2) is 6.56. The first kappa shape index (κ1) is 16.8. The molecule has 5 nitrogen and oxygen atoms in total. The lowest BCUT2D eigenvalue weighted by atomic mass is 9.97. The molecule has 3 heterocycles. The summed E-state index contributed by atoms with van der Waals surface area (Å²) in [6.45, 7) is 8.58. The van der Waals surface area contributed by atoms with Crippen molar-refractivity contribution in [2.24, 2.45) is 0 Å². The van der Waals surface area contributed by atoms with Crippen molar-refractivity contribution in [3.8, 4) is 0 Å². The maximum Gasteiger partial charge on any atom is 0.336 e. The summed E-state index contributed by atoms with van der Waals surface area (Å²) in [4.78, 5) is 16.8. The number of piperidine rings is 1. The largest absolute Gasteiger partial charge is 0.422 e. The lowest BCUT2D eigenvalue weighted by molar-refractivity contribution is -0.0402. The third kappa shape index (κ3) is 3.36. The topological polar surface area (TPSA) is 56.9 Å². The molecule has 0 unspecified atom stereocenters.